The predicted octanol–water partition coefficient (Wildman–Crippen LogP) is 2.75. The number of anilines is 1. The number of aliphatic hydroxyl groups excluding tert-OH is 1. The summed E-state index contributed by atoms with van der Waals surface area (Å²) in [6.07, 6.45) is 1.35. The molecule has 20 heavy (non-hydrogen) atoms. The molecule has 0 atom stereocenters. The van der Waals surface area contributed by atoms with Crippen molar-refractivity contribution in [3.05, 3.63) is 62.8 Å². The van der Waals surface area contributed by atoms with Crippen molar-refractivity contribution in [1.29, 1.82) is 0 Å². The summed E-state index contributed by atoms with van der Waals surface area (Å²) >= 11 is 5.70. The molecule has 0 amide bonds. The molecule has 0 radical (unpaired) electrons. The minimum atomic E-state index is -0.536. The van der Waals surface area contributed by atoms with Gasteiger partial charge in [0.1, 0.15) is 0 Å². The van der Waals surface area contributed by atoms with Crippen LogP contribution in [0.5, 0.6) is 0 Å². The van der Waals surface area contributed by atoms with Gasteiger partial charge >= 0.3 is 5.69 Å². The minimum Gasteiger partial charge on any atom is -0.392 e. The van der Waals surface area contributed by atoms with Crippen molar-refractivity contribution in [2.75, 3.05) is 5.32 Å². The number of benzene rings is 1. The molecule has 104 valence electrons. The lowest BCUT2D eigenvalue weighted by Gasteiger charge is -2.07. The zero-order chi connectivity index (χ0) is 14.5. The van der Waals surface area contributed by atoms with Gasteiger partial charge < -0.3 is 10.4 Å². The molecule has 0 saturated carbocycles. The van der Waals surface area contributed by atoms with E-state index in [1.54, 1.807) is 6.07 Å². The van der Waals surface area contributed by atoms with Gasteiger partial charge in [0.25, 0.3) is 0 Å². The number of pyridine rings is 1. The molecule has 2 N–H and O–H groups in total. The highest BCUT2D eigenvalue weighted by atomic mass is 35.5. The first-order valence-corrected chi connectivity index (χ1v) is 6.20. The lowest BCUT2D eigenvalue weighted by Crippen LogP contribution is -2.05. The molecule has 0 bridgehead atoms. The SMILES string of the molecule is O=[N+]([O-])c1cc(Cl)cnc1NCc1cccc(CO)c1. The first-order chi connectivity index (χ1) is 9.60. The van der Waals surface area contributed by atoms with Crippen molar-refractivity contribution in [2.24, 2.45) is 0 Å². The summed E-state index contributed by atoms with van der Waals surface area (Å²) in [6.45, 7) is 0.316. The summed E-state index contributed by atoms with van der Waals surface area (Å²) in [5.41, 5.74) is 1.50. The van der Waals surface area contributed by atoms with Gasteiger partial charge in [0.05, 0.1) is 16.6 Å². The Labute approximate surface area is 120 Å². The molecule has 0 aliphatic carbocycles. The molecule has 0 aliphatic heterocycles. The molecule has 0 spiro atoms. The number of nitrogens with zero attached hydrogens (tertiary/aromatic N) is 2. The number of hydrogen-bond donors (Lipinski definition) is 2. The maximum Gasteiger partial charge on any atom is 0.312 e. The van der Waals surface area contributed by atoms with Crippen LogP contribution < -0.4 is 5.32 Å². The van der Waals surface area contributed by atoms with Crippen LogP contribution in [0, 0.1) is 10.1 Å². The van der Waals surface area contributed by atoms with Gasteiger partial charge in [-0.1, -0.05) is 35.9 Å². The molecule has 0 saturated heterocycles. The van der Waals surface area contributed by atoms with Crippen LogP contribution in [0.2, 0.25) is 5.02 Å². The van der Waals surface area contributed by atoms with Gasteiger partial charge in [-0.15, -0.1) is 0 Å². The van der Waals surface area contributed by atoms with Gasteiger partial charge in [-0.2, -0.15) is 0 Å². The third-order valence-electron chi connectivity index (χ3n) is 2.66. The maximum atomic E-state index is 10.9. The molecule has 0 aliphatic rings. The molecule has 1 aromatic carbocycles. The Kier molecular flexibility index (Phi) is 4.49. The van der Waals surface area contributed by atoms with Crippen molar-refractivity contribution >= 4 is 23.1 Å². The number of hydrogen-bond acceptors (Lipinski definition) is 5. The monoisotopic (exact) mass is 293 g/mol. The molecule has 2 rings (SSSR count). The van der Waals surface area contributed by atoms with Crippen molar-refractivity contribution in [3.63, 3.8) is 0 Å². The minimum absolute atomic E-state index is 0.0484. The van der Waals surface area contributed by atoms with Crippen LogP contribution in [-0.4, -0.2) is 15.0 Å². The van der Waals surface area contributed by atoms with Gasteiger partial charge in [0, 0.05) is 18.8 Å². The van der Waals surface area contributed by atoms with Crippen LogP contribution in [0.4, 0.5) is 11.5 Å². The fourth-order valence-corrected chi connectivity index (χ4v) is 1.88. The van der Waals surface area contributed by atoms with E-state index in [0.29, 0.717) is 6.54 Å². The van der Waals surface area contributed by atoms with E-state index in [4.69, 9.17) is 16.7 Å². The van der Waals surface area contributed by atoms with E-state index >= 15 is 0 Å². The summed E-state index contributed by atoms with van der Waals surface area (Å²) in [5, 5.41) is 23.1. The highest BCUT2D eigenvalue weighted by Crippen LogP contribution is 2.25. The molecular weight excluding hydrogens is 282 g/mol. The first kappa shape index (κ1) is 14.2. The highest BCUT2D eigenvalue weighted by molar-refractivity contribution is 6.30. The normalized spacial score (nSPS) is 10.3. The van der Waals surface area contributed by atoms with Crippen molar-refractivity contribution in [2.45, 2.75) is 13.2 Å². The van der Waals surface area contributed by atoms with Crippen LogP contribution in [-0.2, 0) is 13.2 Å². The molecule has 1 heterocycles. The third kappa shape index (κ3) is 3.43. The van der Waals surface area contributed by atoms with E-state index in [9.17, 15) is 10.1 Å². The predicted molar refractivity (Wildman–Crippen MR) is 75.6 cm³/mol. The maximum absolute atomic E-state index is 10.9. The Bertz CT molecular complexity index is 634. The fourth-order valence-electron chi connectivity index (χ4n) is 1.73. The topological polar surface area (TPSA) is 88.3 Å². The van der Waals surface area contributed by atoms with Gasteiger partial charge in [-0.25, -0.2) is 4.98 Å². The highest BCUT2D eigenvalue weighted by Gasteiger charge is 2.15. The van der Waals surface area contributed by atoms with Gasteiger partial charge in [0.15, 0.2) is 0 Å². The Morgan fingerprint density at radius 3 is 2.80 bits per heavy atom. The Balaban J connectivity index is 2.16. The number of nitro groups is 1. The summed E-state index contributed by atoms with van der Waals surface area (Å²) < 4.78 is 0. The lowest BCUT2D eigenvalue weighted by molar-refractivity contribution is -0.384. The number of nitrogens with one attached hydrogen (secondary N) is 1. The van der Waals surface area contributed by atoms with Crippen LogP contribution in [0.3, 0.4) is 0 Å². The second-order valence-corrected chi connectivity index (χ2v) is 4.55. The summed E-state index contributed by atoms with van der Waals surface area (Å²) in [5.74, 6) is 0.161. The number of aliphatic hydroxyl groups is 1. The third-order valence-corrected chi connectivity index (χ3v) is 2.87. The van der Waals surface area contributed by atoms with E-state index in [1.807, 2.05) is 18.2 Å². The smallest absolute Gasteiger partial charge is 0.312 e. The standard InChI is InChI=1S/C13H12ClN3O3/c14-11-5-12(17(19)20)13(16-7-11)15-6-9-2-1-3-10(4-9)8-18/h1-5,7,18H,6,8H2,(H,15,16). The zero-order valence-electron chi connectivity index (χ0n) is 10.4. The Morgan fingerprint density at radius 2 is 2.10 bits per heavy atom. The first-order valence-electron chi connectivity index (χ1n) is 5.82. The molecular formula is C13H12ClN3O3. The molecule has 2 aromatic rings. The molecule has 1 aromatic heterocycles. The average molecular weight is 294 g/mol. The van der Waals surface area contributed by atoms with Crippen LogP contribution >= 0.6 is 11.6 Å². The fraction of sp³-hybridized carbons (Fsp3) is 0.154. The van der Waals surface area contributed by atoms with Crippen molar-refractivity contribution in [1.82, 2.24) is 4.98 Å². The summed E-state index contributed by atoms with van der Waals surface area (Å²) in [4.78, 5) is 14.3. The van der Waals surface area contributed by atoms with E-state index in [1.165, 1.54) is 12.3 Å². The van der Waals surface area contributed by atoms with E-state index < -0.39 is 4.92 Å². The average Bonchev–Trinajstić information content (AvgIpc) is 2.46. The van der Waals surface area contributed by atoms with E-state index in [-0.39, 0.29) is 23.1 Å². The lowest BCUT2D eigenvalue weighted by atomic mass is 10.1. The largest absolute Gasteiger partial charge is 0.392 e. The Hall–Kier alpha value is -2.18. The summed E-state index contributed by atoms with van der Waals surface area (Å²) in [6, 6.07) is 8.53. The zero-order valence-corrected chi connectivity index (χ0v) is 11.2. The van der Waals surface area contributed by atoms with E-state index in [0.717, 1.165) is 11.1 Å². The van der Waals surface area contributed by atoms with Gasteiger partial charge in [0.2, 0.25) is 5.82 Å². The second-order valence-electron chi connectivity index (χ2n) is 4.11. The second kappa shape index (κ2) is 6.31. The van der Waals surface area contributed by atoms with Gasteiger partial charge in [-0.3, -0.25) is 10.1 Å². The molecule has 7 heteroatoms. The number of aromatic nitrogens is 1. The number of rotatable bonds is 5. The molecule has 0 unspecified atom stereocenters. The number of halogens is 1. The van der Waals surface area contributed by atoms with Crippen molar-refractivity contribution < 1.29 is 10.0 Å². The molecule has 6 nitrogen and oxygen atoms in total. The van der Waals surface area contributed by atoms with E-state index in [2.05, 4.69) is 10.3 Å². The summed E-state index contributed by atoms with van der Waals surface area (Å²) in [7, 11) is 0. The van der Waals surface area contributed by atoms with Gasteiger partial charge in [-0.05, 0) is 11.1 Å². The van der Waals surface area contributed by atoms with Crippen LogP contribution in [0.25, 0.3) is 0 Å². The van der Waals surface area contributed by atoms with Crippen LogP contribution in [0.15, 0.2) is 36.5 Å². The quantitative estimate of drug-likeness (QED) is 0.653. The van der Waals surface area contributed by atoms with Crippen LogP contribution in [0.1, 0.15) is 11.1 Å². The Morgan fingerprint density at radius 1 is 1.35 bits per heavy atom. The van der Waals surface area contributed by atoms with Crippen molar-refractivity contribution in [3.8, 4) is 0 Å². The molecule has 0 fully saturated rings.